The first-order chi connectivity index (χ1) is 9.19. The van der Waals surface area contributed by atoms with Gasteiger partial charge < -0.3 is 9.67 Å². The van der Waals surface area contributed by atoms with Crippen LogP contribution in [0.2, 0.25) is 0 Å². The fourth-order valence-corrected chi connectivity index (χ4v) is 2.28. The van der Waals surface area contributed by atoms with Crippen molar-refractivity contribution in [3.05, 3.63) is 35.7 Å². The average Bonchev–Trinajstić information content (AvgIpc) is 3.03. The Bertz CT molecular complexity index is 529. The smallest absolute Gasteiger partial charge is 0.111 e. The third-order valence-electron chi connectivity index (χ3n) is 3.38. The maximum Gasteiger partial charge on any atom is 0.111 e. The molecule has 0 aliphatic carbocycles. The van der Waals surface area contributed by atoms with Crippen LogP contribution in [0.25, 0.3) is 0 Å². The van der Waals surface area contributed by atoms with Gasteiger partial charge in [-0.15, -0.1) is 0 Å². The molecule has 1 atom stereocenters. The maximum absolute atomic E-state index is 10.4. The van der Waals surface area contributed by atoms with Crippen LogP contribution in [0.15, 0.2) is 18.5 Å². The minimum Gasteiger partial charge on any atom is -0.386 e. The topological polar surface area (TPSA) is 55.9 Å². The highest BCUT2D eigenvalue weighted by atomic mass is 16.3. The highest BCUT2D eigenvalue weighted by Crippen LogP contribution is 2.19. The van der Waals surface area contributed by atoms with Crippen LogP contribution in [0.4, 0.5) is 0 Å². The third kappa shape index (κ3) is 2.87. The van der Waals surface area contributed by atoms with Gasteiger partial charge >= 0.3 is 0 Å². The van der Waals surface area contributed by atoms with Crippen LogP contribution in [0.3, 0.4) is 0 Å². The van der Waals surface area contributed by atoms with Crippen molar-refractivity contribution in [3.8, 4) is 0 Å². The van der Waals surface area contributed by atoms with E-state index in [0.717, 1.165) is 36.7 Å². The molecule has 2 aromatic heterocycles. The number of aryl methyl sites for hydroxylation is 3. The standard InChI is InChI=1S/C14H22N4O/c1-4-11-9-12(18(6-3)16-11)13(19)10-14-15-7-8-17(14)5-2/h7-9,13,19H,4-6,10H2,1-3H3. The molecule has 0 saturated heterocycles. The number of aromatic nitrogens is 4. The van der Waals surface area contributed by atoms with E-state index in [1.165, 1.54) is 0 Å². The Kier molecular flexibility index (Phi) is 4.37. The van der Waals surface area contributed by atoms with E-state index in [4.69, 9.17) is 0 Å². The summed E-state index contributed by atoms with van der Waals surface area (Å²) >= 11 is 0. The highest BCUT2D eigenvalue weighted by molar-refractivity contribution is 5.14. The molecule has 0 radical (unpaired) electrons. The zero-order valence-electron chi connectivity index (χ0n) is 11.9. The first-order valence-corrected chi connectivity index (χ1v) is 6.94. The Morgan fingerprint density at radius 1 is 1.26 bits per heavy atom. The van der Waals surface area contributed by atoms with Crippen LogP contribution in [0.5, 0.6) is 0 Å². The predicted octanol–water partition coefficient (Wildman–Crippen LogP) is 1.96. The molecule has 19 heavy (non-hydrogen) atoms. The molecule has 0 amide bonds. The summed E-state index contributed by atoms with van der Waals surface area (Å²) in [6, 6.07) is 1.99. The van der Waals surface area contributed by atoms with E-state index in [1.807, 2.05) is 23.9 Å². The number of rotatable bonds is 6. The molecular formula is C14H22N4O. The first-order valence-electron chi connectivity index (χ1n) is 6.94. The minimum atomic E-state index is -0.555. The SMILES string of the molecule is CCc1cc(C(O)Cc2nccn2CC)n(CC)n1. The normalized spacial score (nSPS) is 12.8. The van der Waals surface area contributed by atoms with Crippen LogP contribution in [-0.2, 0) is 25.9 Å². The van der Waals surface area contributed by atoms with Crippen molar-refractivity contribution >= 4 is 0 Å². The summed E-state index contributed by atoms with van der Waals surface area (Å²) in [5, 5.41) is 14.9. The van der Waals surface area contributed by atoms with E-state index in [2.05, 4.69) is 28.5 Å². The van der Waals surface area contributed by atoms with Gasteiger partial charge in [-0.05, 0) is 26.3 Å². The number of hydrogen-bond donors (Lipinski definition) is 1. The Balaban J connectivity index is 2.19. The second kappa shape index (κ2) is 6.02. The summed E-state index contributed by atoms with van der Waals surface area (Å²) in [5.41, 5.74) is 1.90. The maximum atomic E-state index is 10.4. The second-order valence-electron chi connectivity index (χ2n) is 4.58. The molecule has 5 heteroatoms. The van der Waals surface area contributed by atoms with E-state index in [9.17, 15) is 5.11 Å². The van der Waals surface area contributed by atoms with Gasteiger partial charge in [-0.2, -0.15) is 5.10 Å². The van der Waals surface area contributed by atoms with E-state index >= 15 is 0 Å². The van der Waals surface area contributed by atoms with Crippen molar-refractivity contribution in [1.29, 1.82) is 0 Å². The number of aliphatic hydroxyl groups is 1. The third-order valence-corrected chi connectivity index (χ3v) is 3.38. The lowest BCUT2D eigenvalue weighted by molar-refractivity contribution is 0.163. The number of hydrogen-bond acceptors (Lipinski definition) is 3. The van der Waals surface area contributed by atoms with Gasteiger partial charge in [0.25, 0.3) is 0 Å². The highest BCUT2D eigenvalue weighted by Gasteiger charge is 2.17. The van der Waals surface area contributed by atoms with Gasteiger partial charge in [-0.1, -0.05) is 6.92 Å². The summed E-state index contributed by atoms with van der Waals surface area (Å²) in [6.45, 7) is 7.82. The lowest BCUT2D eigenvalue weighted by Gasteiger charge is -2.12. The Morgan fingerprint density at radius 2 is 2.05 bits per heavy atom. The quantitative estimate of drug-likeness (QED) is 0.865. The average molecular weight is 262 g/mol. The second-order valence-corrected chi connectivity index (χ2v) is 4.58. The molecule has 0 bridgehead atoms. The van der Waals surface area contributed by atoms with Crippen LogP contribution in [0.1, 0.15) is 44.1 Å². The van der Waals surface area contributed by atoms with Crippen molar-refractivity contribution < 1.29 is 5.11 Å². The summed E-state index contributed by atoms with van der Waals surface area (Å²) in [5.74, 6) is 0.914. The van der Waals surface area contributed by atoms with Gasteiger partial charge in [-0.3, -0.25) is 4.68 Å². The molecule has 5 nitrogen and oxygen atoms in total. The van der Waals surface area contributed by atoms with E-state index in [1.54, 1.807) is 6.20 Å². The molecule has 0 saturated carbocycles. The number of imidazole rings is 1. The van der Waals surface area contributed by atoms with Crippen LogP contribution >= 0.6 is 0 Å². The molecule has 1 unspecified atom stereocenters. The fourth-order valence-electron chi connectivity index (χ4n) is 2.28. The predicted molar refractivity (Wildman–Crippen MR) is 73.8 cm³/mol. The van der Waals surface area contributed by atoms with Gasteiger partial charge in [0.2, 0.25) is 0 Å². The molecule has 2 heterocycles. The molecule has 0 aromatic carbocycles. The van der Waals surface area contributed by atoms with Crippen LogP contribution in [0, 0.1) is 0 Å². The number of nitrogens with zero attached hydrogens (tertiary/aromatic N) is 4. The molecule has 104 valence electrons. The molecule has 0 aliphatic heterocycles. The summed E-state index contributed by atoms with van der Waals surface area (Å²) < 4.78 is 3.93. The summed E-state index contributed by atoms with van der Waals surface area (Å²) in [4.78, 5) is 4.31. The molecule has 2 aromatic rings. The Morgan fingerprint density at radius 3 is 2.68 bits per heavy atom. The van der Waals surface area contributed by atoms with Gasteiger partial charge in [0, 0.05) is 31.9 Å². The van der Waals surface area contributed by atoms with Gasteiger partial charge in [0.1, 0.15) is 11.9 Å². The number of aliphatic hydroxyl groups excluding tert-OH is 1. The molecule has 1 N–H and O–H groups in total. The largest absolute Gasteiger partial charge is 0.386 e. The van der Waals surface area contributed by atoms with E-state index in [-0.39, 0.29) is 0 Å². The monoisotopic (exact) mass is 262 g/mol. The zero-order valence-corrected chi connectivity index (χ0v) is 11.9. The van der Waals surface area contributed by atoms with E-state index < -0.39 is 6.10 Å². The van der Waals surface area contributed by atoms with E-state index in [0.29, 0.717) is 6.42 Å². The molecular weight excluding hydrogens is 240 g/mol. The first kappa shape index (κ1) is 13.8. The van der Waals surface area contributed by atoms with Crippen molar-refractivity contribution in [3.63, 3.8) is 0 Å². The lowest BCUT2D eigenvalue weighted by atomic mass is 10.1. The molecule has 0 fully saturated rings. The molecule has 0 aliphatic rings. The van der Waals surface area contributed by atoms with Crippen molar-refractivity contribution in [2.45, 2.75) is 52.8 Å². The van der Waals surface area contributed by atoms with Crippen molar-refractivity contribution in [2.75, 3.05) is 0 Å². The molecule has 2 rings (SSSR count). The Hall–Kier alpha value is -1.62. The van der Waals surface area contributed by atoms with Crippen LogP contribution in [-0.4, -0.2) is 24.4 Å². The summed E-state index contributed by atoms with van der Waals surface area (Å²) in [7, 11) is 0. The molecule has 0 spiro atoms. The van der Waals surface area contributed by atoms with Gasteiger partial charge in [0.15, 0.2) is 0 Å². The minimum absolute atomic E-state index is 0.523. The lowest BCUT2D eigenvalue weighted by Crippen LogP contribution is -2.13. The van der Waals surface area contributed by atoms with Crippen LogP contribution < -0.4 is 0 Å². The zero-order chi connectivity index (χ0) is 13.8. The van der Waals surface area contributed by atoms with Crippen molar-refractivity contribution in [2.24, 2.45) is 0 Å². The summed E-state index contributed by atoms with van der Waals surface area (Å²) in [6.07, 6.45) is 4.57. The van der Waals surface area contributed by atoms with Gasteiger partial charge in [-0.25, -0.2) is 4.98 Å². The Labute approximate surface area is 113 Å². The van der Waals surface area contributed by atoms with Gasteiger partial charge in [0.05, 0.1) is 11.4 Å². The fraction of sp³-hybridized carbons (Fsp3) is 0.571. The van der Waals surface area contributed by atoms with Crippen molar-refractivity contribution in [1.82, 2.24) is 19.3 Å².